The predicted octanol–water partition coefficient (Wildman–Crippen LogP) is 2.74. The minimum absolute atomic E-state index is 0.104. The number of rotatable bonds is 13. The van der Waals surface area contributed by atoms with E-state index in [-0.39, 0.29) is 17.0 Å². The smallest absolute Gasteiger partial charge is 0.374 e. The number of hydrogen-bond donors (Lipinski definition) is 1. The molecule has 0 aromatic heterocycles. The molecular formula is C19H37NO6SSi. The van der Waals surface area contributed by atoms with Crippen molar-refractivity contribution in [2.24, 2.45) is 16.7 Å². The van der Waals surface area contributed by atoms with Gasteiger partial charge in [0.2, 0.25) is 10.0 Å². The Morgan fingerprint density at radius 2 is 1.68 bits per heavy atom. The Kier molecular flexibility index (Phi) is 7.89. The van der Waals surface area contributed by atoms with Crippen LogP contribution >= 0.6 is 0 Å². The number of Topliss-reactive ketones (excluding diaryl/α,β-unsaturated/α-hetero) is 1. The molecule has 164 valence electrons. The zero-order chi connectivity index (χ0) is 21.1. The SMILES string of the molecule is CCO[Si](CCCNS(=O)(=O)CC12CCC(CC1=O)C2(C)C)(OCC)OCC. The topological polar surface area (TPSA) is 90.9 Å². The predicted molar refractivity (Wildman–Crippen MR) is 110 cm³/mol. The molecule has 0 heterocycles. The Morgan fingerprint density at radius 1 is 1.11 bits per heavy atom. The van der Waals surface area contributed by atoms with Gasteiger partial charge in [-0.05, 0) is 51.4 Å². The molecule has 2 fully saturated rings. The first kappa shape index (κ1) is 24.0. The summed E-state index contributed by atoms with van der Waals surface area (Å²) >= 11 is 0. The molecule has 2 aliphatic carbocycles. The first-order valence-corrected chi connectivity index (χ1v) is 14.1. The van der Waals surface area contributed by atoms with Crippen molar-refractivity contribution in [3.63, 3.8) is 0 Å². The molecule has 0 aromatic carbocycles. The van der Waals surface area contributed by atoms with E-state index in [0.29, 0.717) is 57.6 Å². The van der Waals surface area contributed by atoms with Crippen LogP contribution in [0.1, 0.15) is 60.3 Å². The van der Waals surface area contributed by atoms with Crippen LogP contribution in [0.4, 0.5) is 0 Å². The van der Waals surface area contributed by atoms with Gasteiger partial charge in [0.05, 0.1) is 5.75 Å². The lowest BCUT2D eigenvalue weighted by molar-refractivity contribution is -0.128. The highest BCUT2D eigenvalue weighted by molar-refractivity contribution is 7.89. The van der Waals surface area contributed by atoms with Gasteiger partial charge in [0, 0.05) is 44.2 Å². The second-order valence-electron chi connectivity index (χ2n) is 8.41. The second-order valence-corrected chi connectivity index (χ2v) is 12.9. The Hall–Kier alpha value is -0.323. The fraction of sp³-hybridized carbons (Fsp3) is 0.947. The van der Waals surface area contributed by atoms with Gasteiger partial charge in [0.15, 0.2) is 0 Å². The number of nitrogens with one attached hydrogen (secondary N) is 1. The van der Waals surface area contributed by atoms with Crippen molar-refractivity contribution in [2.75, 3.05) is 32.1 Å². The van der Waals surface area contributed by atoms with Gasteiger partial charge in [-0.2, -0.15) is 0 Å². The summed E-state index contributed by atoms with van der Waals surface area (Å²) in [6.07, 6.45) is 2.71. The number of sulfonamides is 1. The molecule has 1 N–H and O–H groups in total. The van der Waals surface area contributed by atoms with Gasteiger partial charge in [-0.3, -0.25) is 4.79 Å². The summed E-state index contributed by atoms with van der Waals surface area (Å²) in [5.41, 5.74) is -0.982. The minimum Gasteiger partial charge on any atom is -0.374 e. The van der Waals surface area contributed by atoms with E-state index < -0.39 is 24.2 Å². The maximum Gasteiger partial charge on any atom is 0.500 e. The van der Waals surface area contributed by atoms with Crippen molar-refractivity contribution in [1.29, 1.82) is 0 Å². The van der Waals surface area contributed by atoms with Crippen molar-refractivity contribution in [3.05, 3.63) is 0 Å². The monoisotopic (exact) mass is 435 g/mol. The van der Waals surface area contributed by atoms with E-state index in [1.807, 2.05) is 20.8 Å². The van der Waals surface area contributed by atoms with Gasteiger partial charge in [-0.1, -0.05) is 13.8 Å². The second kappa shape index (κ2) is 9.22. The fourth-order valence-corrected chi connectivity index (χ4v) is 9.51. The lowest BCUT2D eigenvalue weighted by Crippen LogP contribution is -2.47. The van der Waals surface area contributed by atoms with Crippen LogP contribution in [0.2, 0.25) is 6.04 Å². The quantitative estimate of drug-likeness (QED) is 0.353. The standard InChI is InChI=1S/C19H37NO6SSi/c1-6-24-28(25-7-2,26-8-3)13-9-12-20-27(22,23)15-19-11-10-16(14-17(19)21)18(19,4)5/h16,20H,6-15H2,1-5H3. The average Bonchev–Trinajstić information content (AvgIpc) is 2.93. The Morgan fingerprint density at radius 3 is 2.11 bits per heavy atom. The largest absolute Gasteiger partial charge is 0.500 e. The van der Waals surface area contributed by atoms with Crippen LogP contribution in [-0.4, -0.2) is 55.1 Å². The summed E-state index contributed by atoms with van der Waals surface area (Å²) in [6, 6.07) is 0.558. The number of hydrogen-bond acceptors (Lipinski definition) is 6. The van der Waals surface area contributed by atoms with Gasteiger partial charge in [0.1, 0.15) is 5.78 Å². The molecule has 0 aliphatic heterocycles. The third kappa shape index (κ3) is 4.70. The molecule has 0 amide bonds. The van der Waals surface area contributed by atoms with E-state index in [1.165, 1.54) is 0 Å². The van der Waals surface area contributed by atoms with Crippen LogP contribution in [0.25, 0.3) is 0 Å². The molecule has 28 heavy (non-hydrogen) atoms. The molecule has 2 aliphatic rings. The normalized spacial score (nSPS) is 26.9. The van der Waals surface area contributed by atoms with Gasteiger partial charge < -0.3 is 13.3 Å². The number of ketones is 1. The van der Waals surface area contributed by atoms with Crippen LogP contribution in [0.3, 0.4) is 0 Å². The summed E-state index contributed by atoms with van der Waals surface area (Å²) in [7, 11) is -6.31. The minimum atomic E-state index is -3.55. The van der Waals surface area contributed by atoms with Gasteiger partial charge in [0.25, 0.3) is 0 Å². The van der Waals surface area contributed by atoms with Gasteiger partial charge in [-0.25, -0.2) is 13.1 Å². The molecule has 2 unspecified atom stereocenters. The molecule has 9 heteroatoms. The highest BCUT2D eigenvalue weighted by Gasteiger charge is 2.65. The van der Waals surface area contributed by atoms with E-state index in [1.54, 1.807) is 0 Å². The molecule has 7 nitrogen and oxygen atoms in total. The molecule has 2 bridgehead atoms. The third-order valence-corrected chi connectivity index (χ3v) is 11.3. The van der Waals surface area contributed by atoms with Crippen molar-refractivity contribution < 1.29 is 26.5 Å². The summed E-state index contributed by atoms with van der Waals surface area (Å²) < 4.78 is 45.6. The van der Waals surface area contributed by atoms with Gasteiger partial charge >= 0.3 is 8.80 Å². The van der Waals surface area contributed by atoms with E-state index in [9.17, 15) is 13.2 Å². The van der Waals surface area contributed by atoms with Crippen molar-refractivity contribution >= 4 is 24.6 Å². The van der Waals surface area contributed by atoms with Crippen molar-refractivity contribution in [2.45, 2.75) is 66.3 Å². The number of carbonyl (C=O) groups excluding carboxylic acids is 1. The number of fused-ring (bicyclic) bond motifs is 2. The highest BCUT2D eigenvalue weighted by Crippen LogP contribution is 2.64. The van der Waals surface area contributed by atoms with E-state index in [2.05, 4.69) is 18.6 Å². The van der Waals surface area contributed by atoms with Crippen molar-refractivity contribution in [3.8, 4) is 0 Å². The fourth-order valence-electron chi connectivity index (χ4n) is 5.02. The maximum atomic E-state index is 12.8. The molecule has 2 rings (SSSR count). The van der Waals surface area contributed by atoms with E-state index in [4.69, 9.17) is 13.3 Å². The average molecular weight is 436 g/mol. The molecule has 0 aromatic rings. The van der Waals surface area contributed by atoms with Crippen molar-refractivity contribution in [1.82, 2.24) is 4.72 Å². The summed E-state index contributed by atoms with van der Waals surface area (Å²) in [5.74, 6) is 0.327. The van der Waals surface area contributed by atoms with E-state index in [0.717, 1.165) is 6.42 Å². The molecule has 0 saturated heterocycles. The van der Waals surface area contributed by atoms with Crippen LogP contribution in [0.5, 0.6) is 0 Å². The first-order valence-electron chi connectivity index (χ1n) is 10.5. The zero-order valence-corrected chi connectivity index (χ0v) is 19.8. The molecule has 2 atom stereocenters. The maximum absolute atomic E-state index is 12.8. The van der Waals surface area contributed by atoms with Crippen LogP contribution in [0.15, 0.2) is 0 Å². The lowest BCUT2D eigenvalue weighted by atomic mass is 9.70. The lowest BCUT2D eigenvalue weighted by Gasteiger charge is -2.36. The van der Waals surface area contributed by atoms with Crippen LogP contribution < -0.4 is 4.72 Å². The first-order chi connectivity index (χ1) is 13.1. The molecular weight excluding hydrogens is 398 g/mol. The third-order valence-electron chi connectivity index (χ3n) is 6.65. The molecule has 2 saturated carbocycles. The number of carbonyl (C=O) groups is 1. The van der Waals surface area contributed by atoms with Crippen LogP contribution in [-0.2, 0) is 28.1 Å². The van der Waals surface area contributed by atoms with Gasteiger partial charge in [-0.15, -0.1) is 0 Å². The Labute approximate surface area is 171 Å². The molecule has 0 spiro atoms. The zero-order valence-electron chi connectivity index (χ0n) is 18.0. The summed E-state index contributed by atoms with van der Waals surface area (Å²) in [6.45, 7) is 11.6. The Balaban J connectivity index is 1.94. The Bertz CT molecular complexity index is 636. The summed E-state index contributed by atoms with van der Waals surface area (Å²) in [5, 5.41) is 0. The highest BCUT2D eigenvalue weighted by atomic mass is 32.2. The van der Waals surface area contributed by atoms with E-state index >= 15 is 0 Å². The van der Waals surface area contributed by atoms with Crippen LogP contribution in [0, 0.1) is 16.7 Å². The molecule has 0 radical (unpaired) electrons. The summed E-state index contributed by atoms with van der Waals surface area (Å²) in [4.78, 5) is 12.6.